The van der Waals surface area contributed by atoms with E-state index in [0.717, 1.165) is 10.6 Å². The molecule has 0 bridgehead atoms. The molecular formula is C18H23ClN2. The highest BCUT2D eigenvalue weighted by Gasteiger charge is 2.15. The van der Waals surface area contributed by atoms with Crippen molar-refractivity contribution in [1.29, 1.82) is 0 Å². The van der Waals surface area contributed by atoms with Crippen molar-refractivity contribution in [3.05, 3.63) is 64.7 Å². The van der Waals surface area contributed by atoms with Crippen molar-refractivity contribution in [2.24, 2.45) is 0 Å². The fourth-order valence-electron chi connectivity index (χ4n) is 2.41. The Labute approximate surface area is 132 Å². The second-order valence-corrected chi connectivity index (χ2v) is 5.82. The van der Waals surface area contributed by atoms with Gasteiger partial charge in [-0.25, -0.2) is 0 Å². The number of hydrogen-bond donors (Lipinski definition) is 1. The molecule has 1 N–H and O–H groups in total. The van der Waals surface area contributed by atoms with Crippen LogP contribution in [-0.4, -0.2) is 14.1 Å². The summed E-state index contributed by atoms with van der Waals surface area (Å²) >= 11 is 6.30. The summed E-state index contributed by atoms with van der Waals surface area (Å²) in [7, 11) is 4.08. The number of benzene rings is 2. The third-order valence-electron chi connectivity index (χ3n) is 4.17. The summed E-state index contributed by atoms with van der Waals surface area (Å²) in [5, 5.41) is 4.07. The third-order valence-corrected chi connectivity index (χ3v) is 4.51. The highest BCUT2D eigenvalue weighted by atomic mass is 35.5. The topological polar surface area (TPSA) is 15.3 Å². The van der Waals surface area contributed by atoms with Gasteiger partial charge in [-0.1, -0.05) is 41.9 Å². The van der Waals surface area contributed by atoms with E-state index in [2.05, 4.69) is 61.4 Å². The molecule has 2 aromatic carbocycles. The first-order valence-corrected chi connectivity index (χ1v) is 7.67. The molecule has 2 aromatic rings. The predicted molar refractivity (Wildman–Crippen MR) is 92.2 cm³/mol. The maximum absolute atomic E-state index is 6.30. The average Bonchev–Trinajstić information content (AvgIpc) is 2.53. The molecule has 21 heavy (non-hydrogen) atoms. The van der Waals surface area contributed by atoms with E-state index in [4.69, 9.17) is 11.6 Å². The summed E-state index contributed by atoms with van der Waals surface area (Å²) in [5.74, 6) is 0. The molecule has 0 radical (unpaired) electrons. The molecule has 0 aromatic heterocycles. The molecule has 0 aliphatic heterocycles. The van der Waals surface area contributed by atoms with Crippen LogP contribution in [0.4, 0.5) is 5.69 Å². The molecule has 0 heterocycles. The smallest absolute Gasteiger partial charge is 0.0525 e. The van der Waals surface area contributed by atoms with Crippen molar-refractivity contribution in [2.75, 3.05) is 19.0 Å². The molecule has 0 fully saturated rings. The molecule has 0 saturated heterocycles. The lowest BCUT2D eigenvalue weighted by Crippen LogP contribution is -2.22. The van der Waals surface area contributed by atoms with Crippen molar-refractivity contribution in [3.8, 4) is 0 Å². The quantitative estimate of drug-likeness (QED) is 0.852. The molecular weight excluding hydrogens is 280 g/mol. The van der Waals surface area contributed by atoms with E-state index >= 15 is 0 Å². The highest BCUT2D eigenvalue weighted by Crippen LogP contribution is 2.30. The van der Waals surface area contributed by atoms with E-state index in [1.165, 1.54) is 11.3 Å². The Hall–Kier alpha value is -1.51. The maximum Gasteiger partial charge on any atom is 0.0525 e. The van der Waals surface area contributed by atoms with E-state index in [1.54, 1.807) is 0 Å². The Balaban J connectivity index is 2.20. The molecule has 2 unspecified atom stereocenters. The minimum absolute atomic E-state index is 0.228. The van der Waals surface area contributed by atoms with Gasteiger partial charge in [0, 0.05) is 23.8 Å². The van der Waals surface area contributed by atoms with Crippen LogP contribution in [0.5, 0.6) is 0 Å². The number of anilines is 1. The van der Waals surface area contributed by atoms with Gasteiger partial charge in [-0.2, -0.15) is 0 Å². The largest absolute Gasteiger partial charge is 0.368 e. The van der Waals surface area contributed by atoms with Crippen LogP contribution in [0, 0.1) is 0 Å². The molecule has 112 valence electrons. The van der Waals surface area contributed by atoms with Crippen LogP contribution in [0.25, 0.3) is 0 Å². The van der Waals surface area contributed by atoms with E-state index in [1.807, 2.05) is 25.2 Å². The monoisotopic (exact) mass is 302 g/mol. The lowest BCUT2D eigenvalue weighted by Gasteiger charge is -2.28. The standard InChI is InChI=1S/C18H23ClN2/c1-13(20-3)15-9-11-16(12-10-15)21(4)14(2)17-7-5-6-8-18(17)19/h5-14,20H,1-4H3. The van der Waals surface area contributed by atoms with Gasteiger partial charge in [-0.3, -0.25) is 0 Å². The first kappa shape index (κ1) is 15.9. The van der Waals surface area contributed by atoms with Crippen molar-refractivity contribution in [1.82, 2.24) is 5.32 Å². The van der Waals surface area contributed by atoms with Gasteiger partial charge in [0.1, 0.15) is 0 Å². The minimum atomic E-state index is 0.228. The van der Waals surface area contributed by atoms with Crippen LogP contribution in [0.3, 0.4) is 0 Å². The Morgan fingerprint density at radius 2 is 1.62 bits per heavy atom. The first-order chi connectivity index (χ1) is 10.0. The van der Waals surface area contributed by atoms with Crippen LogP contribution in [0.1, 0.15) is 37.1 Å². The highest BCUT2D eigenvalue weighted by molar-refractivity contribution is 6.31. The Morgan fingerprint density at radius 1 is 1.00 bits per heavy atom. The van der Waals surface area contributed by atoms with E-state index in [-0.39, 0.29) is 6.04 Å². The number of rotatable bonds is 5. The van der Waals surface area contributed by atoms with Gasteiger partial charge in [0.05, 0.1) is 6.04 Å². The lowest BCUT2D eigenvalue weighted by atomic mass is 10.0. The van der Waals surface area contributed by atoms with Crippen LogP contribution < -0.4 is 10.2 Å². The van der Waals surface area contributed by atoms with Crippen LogP contribution in [-0.2, 0) is 0 Å². The molecule has 2 atom stereocenters. The molecule has 0 spiro atoms. The third kappa shape index (κ3) is 3.58. The molecule has 0 amide bonds. The van der Waals surface area contributed by atoms with E-state index in [9.17, 15) is 0 Å². The fourth-order valence-corrected chi connectivity index (χ4v) is 2.70. The van der Waals surface area contributed by atoms with Crippen molar-refractivity contribution < 1.29 is 0 Å². The molecule has 3 heteroatoms. The van der Waals surface area contributed by atoms with Crippen LogP contribution >= 0.6 is 11.6 Å². The van der Waals surface area contributed by atoms with Crippen LogP contribution in [0.2, 0.25) is 5.02 Å². The van der Waals surface area contributed by atoms with Gasteiger partial charge < -0.3 is 10.2 Å². The molecule has 0 aliphatic carbocycles. The van der Waals surface area contributed by atoms with Crippen molar-refractivity contribution >= 4 is 17.3 Å². The molecule has 2 rings (SSSR count). The molecule has 2 nitrogen and oxygen atoms in total. The molecule has 0 saturated carbocycles. The number of nitrogens with one attached hydrogen (secondary N) is 1. The van der Waals surface area contributed by atoms with Crippen LogP contribution in [0.15, 0.2) is 48.5 Å². The summed E-state index contributed by atoms with van der Waals surface area (Å²) in [6.07, 6.45) is 0. The van der Waals surface area contributed by atoms with Crippen molar-refractivity contribution in [3.63, 3.8) is 0 Å². The number of nitrogens with zero attached hydrogens (tertiary/aromatic N) is 1. The SMILES string of the molecule is CNC(C)c1ccc(N(C)C(C)c2ccccc2Cl)cc1. The zero-order chi connectivity index (χ0) is 15.4. The van der Waals surface area contributed by atoms with Gasteiger partial charge in [-0.15, -0.1) is 0 Å². The van der Waals surface area contributed by atoms with Gasteiger partial charge in [-0.05, 0) is 50.2 Å². The first-order valence-electron chi connectivity index (χ1n) is 7.29. The van der Waals surface area contributed by atoms with E-state index < -0.39 is 0 Å². The number of hydrogen-bond acceptors (Lipinski definition) is 2. The van der Waals surface area contributed by atoms with Gasteiger partial charge in [0.15, 0.2) is 0 Å². The Morgan fingerprint density at radius 3 is 2.19 bits per heavy atom. The van der Waals surface area contributed by atoms with Gasteiger partial charge in [0.2, 0.25) is 0 Å². The number of halogens is 1. The summed E-state index contributed by atoms with van der Waals surface area (Å²) < 4.78 is 0. The predicted octanol–water partition coefficient (Wildman–Crippen LogP) is 4.82. The minimum Gasteiger partial charge on any atom is -0.368 e. The molecule has 0 aliphatic rings. The average molecular weight is 303 g/mol. The van der Waals surface area contributed by atoms with E-state index in [0.29, 0.717) is 6.04 Å². The van der Waals surface area contributed by atoms with Crippen molar-refractivity contribution in [2.45, 2.75) is 25.9 Å². The summed E-state index contributed by atoms with van der Waals surface area (Å²) in [5.41, 5.74) is 3.63. The fraction of sp³-hybridized carbons (Fsp3) is 0.333. The normalized spacial score (nSPS) is 13.8. The summed E-state index contributed by atoms with van der Waals surface area (Å²) in [4.78, 5) is 2.25. The Bertz CT molecular complexity index is 580. The zero-order valence-corrected chi connectivity index (χ0v) is 13.9. The second kappa shape index (κ2) is 6.97. The van der Waals surface area contributed by atoms with Gasteiger partial charge in [0.25, 0.3) is 0 Å². The summed E-state index contributed by atoms with van der Waals surface area (Å²) in [6, 6.07) is 17.3. The second-order valence-electron chi connectivity index (χ2n) is 5.41. The van der Waals surface area contributed by atoms with Gasteiger partial charge >= 0.3 is 0 Å². The maximum atomic E-state index is 6.30. The Kier molecular flexibility index (Phi) is 5.27. The zero-order valence-electron chi connectivity index (χ0n) is 13.1. The summed E-state index contributed by atoms with van der Waals surface area (Å²) in [6.45, 7) is 4.33. The lowest BCUT2D eigenvalue weighted by molar-refractivity contribution is 0.652.